The number of nitrogens with zero attached hydrogens (tertiary/aromatic N) is 2. The van der Waals surface area contributed by atoms with Crippen LogP contribution < -0.4 is 10.1 Å². The SMILES string of the molecule is CNc1cccc(CCOc2ccc(CC(CC(=O)O)c3nc(C)cs3)cc2)n1. The minimum Gasteiger partial charge on any atom is -0.493 e. The van der Waals surface area contributed by atoms with E-state index < -0.39 is 5.97 Å². The van der Waals surface area contributed by atoms with Gasteiger partial charge in [-0.3, -0.25) is 4.79 Å². The molecular weight excluding hydrogens is 386 g/mol. The van der Waals surface area contributed by atoms with Crippen LogP contribution >= 0.6 is 11.3 Å². The molecule has 6 nitrogen and oxygen atoms in total. The van der Waals surface area contributed by atoms with Crippen molar-refractivity contribution in [2.24, 2.45) is 0 Å². The number of carboxylic acid groups (broad SMARTS) is 1. The Morgan fingerprint density at radius 3 is 2.66 bits per heavy atom. The molecule has 0 bridgehead atoms. The van der Waals surface area contributed by atoms with Crippen molar-refractivity contribution in [1.82, 2.24) is 9.97 Å². The largest absolute Gasteiger partial charge is 0.493 e. The topological polar surface area (TPSA) is 84.3 Å². The number of rotatable bonds is 10. The Morgan fingerprint density at radius 2 is 2.00 bits per heavy atom. The van der Waals surface area contributed by atoms with Crippen LogP contribution in [0, 0.1) is 6.92 Å². The van der Waals surface area contributed by atoms with E-state index >= 15 is 0 Å². The van der Waals surface area contributed by atoms with E-state index in [0.717, 1.165) is 39.9 Å². The molecule has 152 valence electrons. The van der Waals surface area contributed by atoms with Gasteiger partial charge < -0.3 is 15.2 Å². The van der Waals surface area contributed by atoms with E-state index in [-0.39, 0.29) is 12.3 Å². The lowest BCUT2D eigenvalue weighted by Crippen LogP contribution is -2.09. The molecule has 7 heteroatoms. The highest BCUT2D eigenvalue weighted by Crippen LogP contribution is 2.28. The summed E-state index contributed by atoms with van der Waals surface area (Å²) in [5.41, 5.74) is 2.97. The van der Waals surface area contributed by atoms with Crippen molar-refractivity contribution in [1.29, 1.82) is 0 Å². The van der Waals surface area contributed by atoms with Crippen molar-refractivity contribution >= 4 is 23.1 Å². The lowest BCUT2D eigenvalue weighted by atomic mass is 9.96. The number of thiazole rings is 1. The van der Waals surface area contributed by atoms with Crippen LogP contribution in [0.2, 0.25) is 0 Å². The van der Waals surface area contributed by atoms with E-state index in [2.05, 4.69) is 15.3 Å². The van der Waals surface area contributed by atoms with Gasteiger partial charge in [-0.15, -0.1) is 11.3 Å². The Kier molecular flexibility index (Phi) is 7.19. The third-order valence-electron chi connectivity index (χ3n) is 4.50. The zero-order valence-electron chi connectivity index (χ0n) is 16.6. The average Bonchev–Trinajstić information content (AvgIpc) is 3.15. The number of hydrogen-bond donors (Lipinski definition) is 2. The molecule has 0 saturated heterocycles. The summed E-state index contributed by atoms with van der Waals surface area (Å²) in [6.45, 7) is 2.47. The Hall–Kier alpha value is -2.93. The molecule has 2 N–H and O–H groups in total. The molecule has 3 rings (SSSR count). The summed E-state index contributed by atoms with van der Waals surface area (Å²) in [6.07, 6.45) is 1.44. The fourth-order valence-corrected chi connectivity index (χ4v) is 3.95. The minimum atomic E-state index is -0.807. The van der Waals surface area contributed by atoms with Gasteiger partial charge in [-0.05, 0) is 43.2 Å². The summed E-state index contributed by atoms with van der Waals surface area (Å²) < 4.78 is 5.83. The van der Waals surface area contributed by atoms with Crippen molar-refractivity contribution in [2.75, 3.05) is 19.0 Å². The summed E-state index contributed by atoms with van der Waals surface area (Å²) in [5.74, 6) is 0.707. The van der Waals surface area contributed by atoms with Crippen molar-refractivity contribution < 1.29 is 14.6 Å². The van der Waals surface area contributed by atoms with Gasteiger partial charge in [0, 0.05) is 36.2 Å². The number of aryl methyl sites for hydroxylation is 1. The number of aliphatic carboxylic acids is 1. The van der Waals surface area contributed by atoms with Gasteiger partial charge in [0.25, 0.3) is 0 Å². The molecule has 0 fully saturated rings. The molecule has 29 heavy (non-hydrogen) atoms. The quantitative estimate of drug-likeness (QED) is 0.517. The predicted molar refractivity (Wildman–Crippen MR) is 115 cm³/mol. The molecule has 0 aliphatic carbocycles. The number of pyridine rings is 1. The fourth-order valence-electron chi connectivity index (χ4n) is 3.06. The van der Waals surface area contributed by atoms with Crippen LogP contribution in [0.15, 0.2) is 47.8 Å². The van der Waals surface area contributed by atoms with Crippen molar-refractivity contribution in [3.05, 3.63) is 69.8 Å². The molecule has 0 amide bonds. The number of benzene rings is 1. The predicted octanol–water partition coefficient (Wildman–Crippen LogP) is 4.31. The fraction of sp³-hybridized carbons (Fsp3) is 0.318. The van der Waals surface area contributed by atoms with E-state index in [0.29, 0.717) is 13.0 Å². The van der Waals surface area contributed by atoms with Gasteiger partial charge in [-0.1, -0.05) is 18.2 Å². The zero-order chi connectivity index (χ0) is 20.6. The Labute approximate surface area is 174 Å². The lowest BCUT2D eigenvalue weighted by molar-refractivity contribution is -0.137. The number of ether oxygens (including phenoxy) is 1. The molecule has 1 atom stereocenters. The highest BCUT2D eigenvalue weighted by atomic mass is 32.1. The van der Waals surface area contributed by atoms with Crippen LogP contribution in [0.4, 0.5) is 5.82 Å². The number of hydrogen-bond acceptors (Lipinski definition) is 6. The molecule has 0 saturated carbocycles. The van der Waals surface area contributed by atoms with Crippen LogP contribution in [0.5, 0.6) is 5.75 Å². The van der Waals surface area contributed by atoms with Crippen LogP contribution in [0.3, 0.4) is 0 Å². The second kappa shape index (κ2) is 10.0. The maximum atomic E-state index is 11.3. The van der Waals surface area contributed by atoms with Gasteiger partial charge in [-0.2, -0.15) is 0 Å². The molecule has 2 heterocycles. The highest BCUT2D eigenvalue weighted by molar-refractivity contribution is 7.09. The van der Waals surface area contributed by atoms with E-state index in [1.54, 1.807) is 0 Å². The Bertz CT molecular complexity index is 940. The Morgan fingerprint density at radius 1 is 1.21 bits per heavy atom. The van der Waals surface area contributed by atoms with Gasteiger partial charge in [0.15, 0.2) is 0 Å². The molecule has 0 spiro atoms. The molecule has 1 aromatic carbocycles. The van der Waals surface area contributed by atoms with Crippen LogP contribution in [-0.4, -0.2) is 34.7 Å². The van der Waals surface area contributed by atoms with E-state index in [1.807, 2.05) is 61.8 Å². The summed E-state index contributed by atoms with van der Waals surface area (Å²) in [6, 6.07) is 13.7. The van der Waals surface area contributed by atoms with Gasteiger partial charge in [0.2, 0.25) is 0 Å². The molecule has 3 aromatic rings. The number of nitrogens with one attached hydrogen (secondary N) is 1. The first-order valence-electron chi connectivity index (χ1n) is 9.52. The molecular formula is C22H25N3O3S. The van der Waals surface area contributed by atoms with Crippen molar-refractivity contribution in [3.8, 4) is 5.75 Å². The molecule has 0 aliphatic rings. The summed E-state index contributed by atoms with van der Waals surface area (Å²) in [5, 5.41) is 15.1. The summed E-state index contributed by atoms with van der Waals surface area (Å²) >= 11 is 1.52. The van der Waals surface area contributed by atoms with E-state index in [9.17, 15) is 9.90 Å². The smallest absolute Gasteiger partial charge is 0.304 e. The molecule has 1 unspecified atom stereocenters. The van der Waals surface area contributed by atoms with Crippen LogP contribution in [-0.2, 0) is 17.6 Å². The summed E-state index contributed by atoms with van der Waals surface area (Å²) in [4.78, 5) is 20.2. The first kappa shape index (κ1) is 20.8. The maximum absolute atomic E-state index is 11.3. The summed E-state index contributed by atoms with van der Waals surface area (Å²) in [7, 11) is 1.85. The third kappa shape index (κ3) is 6.29. The minimum absolute atomic E-state index is 0.0733. The Balaban J connectivity index is 1.56. The van der Waals surface area contributed by atoms with E-state index in [4.69, 9.17) is 4.74 Å². The standard InChI is InChI=1S/C22H25N3O3S/c1-15-14-29-22(24-15)17(13-21(26)27)12-16-6-8-19(9-7-16)28-11-10-18-4-3-5-20(23-2)25-18/h3-9,14,17H,10-13H2,1-2H3,(H,23,25)(H,26,27). The molecule has 0 aliphatic heterocycles. The molecule has 0 radical (unpaired) electrons. The number of aromatic nitrogens is 2. The zero-order valence-corrected chi connectivity index (χ0v) is 17.4. The van der Waals surface area contributed by atoms with Gasteiger partial charge in [0.1, 0.15) is 11.6 Å². The number of anilines is 1. The third-order valence-corrected chi connectivity index (χ3v) is 5.63. The average molecular weight is 412 g/mol. The van der Waals surface area contributed by atoms with Crippen molar-refractivity contribution in [3.63, 3.8) is 0 Å². The van der Waals surface area contributed by atoms with E-state index in [1.165, 1.54) is 11.3 Å². The maximum Gasteiger partial charge on any atom is 0.304 e. The second-order valence-electron chi connectivity index (χ2n) is 6.83. The molecule has 2 aromatic heterocycles. The monoisotopic (exact) mass is 411 g/mol. The number of carbonyl (C=O) groups is 1. The van der Waals surface area contributed by atoms with Gasteiger partial charge in [0.05, 0.1) is 18.0 Å². The second-order valence-corrected chi connectivity index (χ2v) is 7.72. The normalized spacial score (nSPS) is 11.8. The van der Waals surface area contributed by atoms with Gasteiger partial charge >= 0.3 is 5.97 Å². The van der Waals surface area contributed by atoms with Crippen LogP contribution in [0.25, 0.3) is 0 Å². The first-order valence-corrected chi connectivity index (χ1v) is 10.4. The van der Waals surface area contributed by atoms with Crippen molar-refractivity contribution in [2.45, 2.75) is 32.1 Å². The number of carboxylic acids is 1. The highest BCUT2D eigenvalue weighted by Gasteiger charge is 2.19. The van der Waals surface area contributed by atoms with Gasteiger partial charge in [-0.25, -0.2) is 9.97 Å². The van der Waals surface area contributed by atoms with Crippen LogP contribution in [0.1, 0.15) is 34.3 Å². The lowest BCUT2D eigenvalue weighted by Gasteiger charge is -2.13. The first-order chi connectivity index (χ1) is 14.0.